The third kappa shape index (κ3) is 4.79. The molecule has 1 N–H and O–H groups in total. The van der Waals surface area contributed by atoms with Gasteiger partial charge in [-0.2, -0.15) is 0 Å². The van der Waals surface area contributed by atoms with E-state index in [0.29, 0.717) is 5.75 Å². The number of rotatable bonds is 5. The van der Waals surface area contributed by atoms with Crippen molar-refractivity contribution >= 4 is 17.3 Å². The molecule has 0 saturated carbocycles. The van der Waals surface area contributed by atoms with Crippen molar-refractivity contribution in [2.75, 3.05) is 29.9 Å². The van der Waals surface area contributed by atoms with Gasteiger partial charge in [0.05, 0.1) is 5.69 Å². The zero-order valence-electron chi connectivity index (χ0n) is 16.2. The van der Waals surface area contributed by atoms with Gasteiger partial charge in [-0.1, -0.05) is 39.0 Å². The Hall–Kier alpha value is -2.56. The van der Waals surface area contributed by atoms with Crippen LogP contribution >= 0.6 is 0 Å². The molecule has 1 fully saturated rings. The van der Waals surface area contributed by atoms with Crippen molar-refractivity contribution in [3.8, 4) is 5.75 Å². The van der Waals surface area contributed by atoms with Crippen molar-refractivity contribution in [1.82, 2.24) is 0 Å². The second-order valence-corrected chi connectivity index (χ2v) is 7.94. The molecule has 1 aliphatic rings. The number of carbonyl (C=O) groups excluding carboxylic acids is 1. The lowest BCUT2D eigenvalue weighted by atomic mass is 9.87. The molecule has 144 valence electrons. The number of carbonyl (C=O) groups is 1. The third-order valence-corrected chi connectivity index (χ3v) is 4.77. The number of anilines is 2. The van der Waals surface area contributed by atoms with Crippen LogP contribution in [-0.4, -0.2) is 25.6 Å². The highest BCUT2D eigenvalue weighted by atomic mass is 19.1. The molecule has 0 aromatic heterocycles. The molecule has 0 spiro atoms. The second-order valence-electron chi connectivity index (χ2n) is 7.94. The van der Waals surface area contributed by atoms with E-state index in [9.17, 15) is 9.18 Å². The van der Waals surface area contributed by atoms with Crippen LogP contribution in [0, 0.1) is 5.82 Å². The van der Waals surface area contributed by atoms with Gasteiger partial charge in [-0.15, -0.1) is 0 Å². The smallest absolute Gasteiger partial charge is 0.262 e. The first-order valence-electron chi connectivity index (χ1n) is 9.41. The summed E-state index contributed by atoms with van der Waals surface area (Å²) in [7, 11) is 0. The Morgan fingerprint density at radius 1 is 1.15 bits per heavy atom. The van der Waals surface area contributed by atoms with E-state index in [1.807, 2.05) is 30.3 Å². The zero-order chi connectivity index (χ0) is 19.4. The van der Waals surface area contributed by atoms with E-state index >= 15 is 0 Å². The summed E-state index contributed by atoms with van der Waals surface area (Å²) in [6, 6.07) is 12.6. The summed E-state index contributed by atoms with van der Waals surface area (Å²) < 4.78 is 20.0. The predicted octanol–water partition coefficient (Wildman–Crippen LogP) is 4.74. The molecular weight excluding hydrogens is 343 g/mol. The van der Waals surface area contributed by atoms with Crippen molar-refractivity contribution < 1.29 is 13.9 Å². The molecule has 5 heteroatoms. The maximum absolute atomic E-state index is 14.3. The van der Waals surface area contributed by atoms with Crippen LogP contribution in [0.25, 0.3) is 0 Å². The molecule has 0 radical (unpaired) electrons. The summed E-state index contributed by atoms with van der Waals surface area (Å²) in [5, 5.41) is 2.69. The fourth-order valence-corrected chi connectivity index (χ4v) is 3.23. The Balaban J connectivity index is 1.67. The number of nitrogens with zero attached hydrogens (tertiary/aromatic N) is 1. The van der Waals surface area contributed by atoms with E-state index in [1.165, 1.54) is 6.07 Å². The van der Waals surface area contributed by atoms with E-state index in [0.717, 1.165) is 37.2 Å². The van der Waals surface area contributed by atoms with Gasteiger partial charge in [-0.3, -0.25) is 4.79 Å². The van der Waals surface area contributed by atoms with E-state index in [1.54, 1.807) is 6.07 Å². The number of halogens is 1. The van der Waals surface area contributed by atoms with Crippen molar-refractivity contribution in [3.63, 3.8) is 0 Å². The summed E-state index contributed by atoms with van der Waals surface area (Å²) in [4.78, 5) is 14.5. The molecule has 2 aromatic carbocycles. The Morgan fingerprint density at radius 2 is 1.85 bits per heavy atom. The minimum absolute atomic E-state index is 0.000570. The molecule has 1 amide bonds. The SMILES string of the molecule is CC(C)(C)c1cccc(OCC(=O)Nc2c(F)cccc2N2CCCC2)c1. The monoisotopic (exact) mass is 370 g/mol. The lowest BCUT2D eigenvalue weighted by Gasteiger charge is -2.22. The van der Waals surface area contributed by atoms with Crippen LogP contribution in [-0.2, 0) is 10.2 Å². The molecule has 1 aliphatic heterocycles. The Bertz CT molecular complexity index is 808. The number of ether oxygens (including phenoxy) is 1. The maximum Gasteiger partial charge on any atom is 0.262 e. The van der Waals surface area contributed by atoms with Gasteiger partial charge >= 0.3 is 0 Å². The first-order chi connectivity index (χ1) is 12.8. The quantitative estimate of drug-likeness (QED) is 0.826. The lowest BCUT2D eigenvalue weighted by molar-refractivity contribution is -0.118. The molecule has 0 bridgehead atoms. The van der Waals surface area contributed by atoms with Crippen LogP contribution in [0.5, 0.6) is 5.75 Å². The summed E-state index contributed by atoms with van der Waals surface area (Å²) in [5.41, 5.74) is 2.09. The number of benzene rings is 2. The predicted molar refractivity (Wildman–Crippen MR) is 107 cm³/mol. The molecule has 3 rings (SSSR count). The number of amides is 1. The average Bonchev–Trinajstić information content (AvgIpc) is 3.16. The fraction of sp³-hybridized carbons (Fsp3) is 0.409. The summed E-state index contributed by atoms with van der Waals surface area (Å²) in [6.07, 6.45) is 2.16. The molecule has 4 nitrogen and oxygen atoms in total. The standard InChI is InChI=1S/C22H27FN2O2/c1-22(2,3)16-8-6-9-17(14-16)27-15-20(26)24-21-18(23)10-7-11-19(21)25-12-4-5-13-25/h6-11,14H,4-5,12-13,15H2,1-3H3,(H,24,26). The normalized spacial score (nSPS) is 14.3. The van der Waals surface area contributed by atoms with Crippen molar-refractivity contribution in [2.24, 2.45) is 0 Å². The molecule has 0 atom stereocenters. The van der Waals surface area contributed by atoms with Gasteiger partial charge in [-0.25, -0.2) is 4.39 Å². The van der Waals surface area contributed by atoms with Crippen molar-refractivity contribution in [1.29, 1.82) is 0 Å². The summed E-state index contributed by atoms with van der Waals surface area (Å²) >= 11 is 0. The zero-order valence-corrected chi connectivity index (χ0v) is 16.2. The van der Waals surface area contributed by atoms with Crippen LogP contribution in [0.3, 0.4) is 0 Å². The average molecular weight is 370 g/mol. The van der Waals surface area contributed by atoms with Crippen molar-refractivity contribution in [2.45, 2.75) is 39.0 Å². The van der Waals surface area contributed by atoms with Crippen LogP contribution in [0.1, 0.15) is 39.2 Å². The van der Waals surface area contributed by atoms with Gasteiger partial charge in [0.2, 0.25) is 0 Å². The molecule has 0 unspecified atom stereocenters. The molecule has 2 aromatic rings. The maximum atomic E-state index is 14.3. The van der Waals surface area contributed by atoms with Gasteiger partial charge in [0.25, 0.3) is 5.91 Å². The Kier molecular flexibility index (Phi) is 5.68. The highest BCUT2D eigenvalue weighted by molar-refractivity contribution is 5.95. The van der Waals surface area contributed by atoms with Gasteiger partial charge in [0.15, 0.2) is 6.61 Å². The second kappa shape index (κ2) is 7.99. The Morgan fingerprint density at radius 3 is 2.56 bits per heavy atom. The highest BCUT2D eigenvalue weighted by Crippen LogP contribution is 2.31. The van der Waals surface area contributed by atoms with Gasteiger partial charge in [-0.05, 0) is 48.1 Å². The number of hydrogen-bond acceptors (Lipinski definition) is 3. The first-order valence-corrected chi connectivity index (χ1v) is 9.41. The number of hydrogen-bond donors (Lipinski definition) is 1. The van der Waals surface area contributed by atoms with Crippen molar-refractivity contribution in [3.05, 3.63) is 53.8 Å². The molecule has 1 saturated heterocycles. The molecule has 1 heterocycles. The van der Waals surface area contributed by atoms with Crippen LogP contribution in [0.4, 0.5) is 15.8 Å². The summed E-state index contributed by atoms with van der Waals surface area (Å²) in [5.74, 6) is -0.171. The molecule has 27 heavy (non-hydrogen) atoms. The lowest BCUT2D eigenvalue weighted by Crippen LogP contribution is -2.25. The van der Waals surface area contributed by atoms with E-state index in [-0.39, 0.29) is 23.6 Å². The minimum atomic E-state index is -0.428. The number of nitrogens with one attached hydrogen (secondary N) is 1. The van der Waals surface area contributed by atoms with E-state index in [2.05, 4.69) is 31.0 Å². The largest absolute Gasteiger partial charge is 0.484 e. The summed E-state index contributed by atoms with van der Waals surface area (Å²) in [6.45, 7) is 7.96. The minimum Gasteiger partial charge on any atom is -0.484 e. The van der Waals surface area contributed by atoms with E-state index < -0.39 is 5.82 Å². The van der Waals surface area contributed by atoms with Crippen LogP contribution < -0.4 is 15.0 Å². The fourth-order valence-electron chi connectivity index (χ4n) is 3.23. The van der Waals surface area contributed by atoms with Gasteiger partial charge < -0.3 is 15.0 Å². The highest BCUT2D eigenvalue weighted by Gasteiger charge is 2.20. The molecule has 0 aliphatic carbocycles. The van der Waals surface area contributed by atoms with Gasteiger partial charge in [0, 0.05) is 13.1 Å². The van der Waals surface area contributed by atoms with Crippen LogP contribution in [0.15, 0.2) is 42.5 Å². The molecular formula is C22H27FN2O2. The topological polar surface area (TPSA) is 41.6 Å². The first kappa shape index (κ1) is 19.2. The third-order valence-electron chi connectivity index (χ3n) is 4.77. The van der Waals surface area contributed by atoms with Crippen LogP contribution in [0.2, 0.25) is 0 Å². The Labute approximate surface area is 160 Å². The number of para-hydroxylation sites is 1. The van der Waals surface area contributed by atoms with Gasteiger partial charge in [0.1, 0.15) is 17.3 Å². The van der Waals surface area contributed by atoms with E-state index in [4.69, 9.17) is 4.74 Å².